The number of para-hydroxylation sites is 4. The molecule has 0 fully saturated rings. The van der Waals surface area contributed by atoms with Gasteiger partial charge in [0.15, 0.2) is 0 Å². The monoisotopic (exact) mass is 688 g/mol. The Morgan fingerprint density at radius 3 is 1.54 bits per heavy atom. The van der Waals surface area contributed by atoms with Crippen molar-refractivity contribution in [2.24, 2.45) is 0 Å². The predicted molar refractivity (Wildman–Crippen MR) is 229 cm³/mol. The summed E-state index contributed by atoms with van der Waals surface area (Å²) in [5.74, 6) is 0. The van der Waals surface area contributed by atoms with Gasteiger partial charge in [0.1, 0.15) is 0 Å². The van der Waals surface area contributed by atoms with Crippen LogP contribution in [0, 0.1) is 0 Å². The number of fused-ring (bicyclic) bond motifs is 4. The van der Waals surface area contributed by atoms with Crippen LogP contribution in [0.25, 0.3) is 71.6 Å². The summed E-state index contributed by atoms with van der Waals surface area (Å²) >= 11 is 0. The lowest BCUT2D eigenvalue weighted by molar-refractivity contribution is 1.18. The Kier molecular flexibility index (Phi) is 7.85. The van der Waals surface area contributed by atoms with Crippen molar-refractivity contribution in [1.29, 1.82) is 0 Å². The molecule has 0 amide bonds. The smallest absolute Gasteiger partial charge is 0.0619 e. The molecule has 10 rings (SSSR count). The zero-order valence-corrected chi connectivity index (χ0v) is 29.7. The molecule has 2 nitrogen and oxygen atoms in total. The molecule has 2 heteroatoms. The quantitative estimate of drug-likeness (QED) is 0.162. The molecule has 0 aliphatic rings. The first-order valence-electron chi connectivity index (χ1n) is 18.5. The second kappa shape index (κ2) is 13.4. The molecular formula is C52H36N2. The number of anilines is 3. The zero-order chi connectivity index (χ0) is 35.8. The Balaban J connectivity index is 1.08. The minimum Gasteiger partial charge on any atom is -0.311 e. The maximum Gasteiger partial charge on any atom is 0.0619 e. The van der Waals surface area contributed by atoms with Crippen LogP contribution in [0.5, 0.6) is 0 Å². The third-order valence-electron chi connectivity index (χ3n) is 10.6. The number of hydrogen-bond donors (Lipinski definition) is 0. The average molecular weight is 689 g/mol. The van der Waals surface area contributed by atoms with Gasteiger partial charge in [-0.05, 0) is 81.6 Å². The van der Waals surface area contributed by atoms with Crippen molar-refractivity contribution in [2.75, 3.05) is 4.90 Å². The molecule has 10 aromatic rings. The van der Waals surface area contributed by atoms with Gasteiger partial charge in [-0.1, -0.05) is 170 Å². The zero-order valence-electron chi connectivity index (χ0n) is 29.7. The fraction of sp³-hybridized carbons (Fsp3) is 0. The second-order valence-electron chi connectivity index (χ2n) is 13.7. The molecule has 9 aromatic carbocycles. The van der Waals surface area contributed by atoms with Gasteiger partial charge in [-0.2, -0.15) is 0 Å². The van der Waals surface area contributed by atoms with Crippen molar-refractivity contribution >= 4 is 49.6 Å². The third-order valence-corrected chi connectivity index (χ3v) is 10.6. The summed E-state index contributed by atoms with van der Waals surface area (Å²) in [7, 11) is 0. The van der Waals surface area contributed by atoms with E-state index in [1.165, 1.54) is 60.4 Å². The van der Waals surface area contributed by atoms with E-state index in [0.29, 0.717) is 0 Å². The van der Waals surface area contributed by atoms with E-state index in [4.69, 9.17) is 0 Å². The molecule has 0 saturated heterocycles. The Labute approximate surface area is 315 Å². The van der Waals surface area contributed by atoms with Gasteiger partial charge < -0.3 is 9.47 Å². The summed E-state index contributed by atoms with van der Waals surface area (Å²) in [5, 5.41) is 5.02. The first kappa shape index (κ1) is 31.6. The summed E-state index contributed by atoms with van der Waals surface area (Å²) in [6.45, 7) is 0. The molecule has 0 spiro atoms. The lowest BCUT2D eigenvalue weighted by Gasteiger charge is -2.26. The summed E-state index contributed by atoms with van der Waals surface area (Å²) < 4.78 is 2.46. The van der Waals surface area contributed by atoms with Gasteiger partial charge in [-0.3, -0.25) is 0 Å². The first-order valence-corrected chi connectivity index (χ1v) is 18.5. The van der Waals surface area contributed by atoms with Crippen LogP contribution in [0.3, 0.4) is 0 Å². The Bertz CT molecular complexity index is 2900. The highest BCUT2D eigenvalue weighted by Gasteiger charge is 2.19. The lowest BCUT2D eigenvalue weighted by Crippen LogP contribution is -2.09. The van der Waals surface area contributed by atoms with Gasteiger partial charge in [0.2, 0.25) is 0 Å². The summed E-state index contributed by atoms with van der Waals surface area (Å²) in [4.78, 5) is 2.33. The van der Waals surface area contributed by atoms with Crippen molar-refractivity contribution in [3.63, 3.8) is 0 Å². The molecule has 1 aromatic heterocycles. The van der Waals surface area contributed by atoms with Crippen LogP contribution in [0.2, 0.25) is 0 Å². The predicted octanol–water partition coefficient (Wildman–Crippen LogP) is 14.4. The van der Waals surface area contributed by atoms with E-state index in [9.17, 15) is 0 Å². The molecule has 0 bridgehead atoms. The molecule has 0 aliphatic heterocycles. The van der Waals surface area contributed by atoms with Crippen LogP contribution in [-0.2, 0) is 0 Å². The minimum absolute atomic E-state index is 1.10. The summed E-state index contributed by atoms with van der Waals surface area (Å²) in [5.41, 5.74) is 14.1. The first-order chi connectivity index (χ1) is 26.8. The summed E-state index contributed by atoms with van der Waals surface area (Å²) in [6, 6.07) is 78.7. The molecular weight excluding hydrogens is 653 g/mol. The number of nitrogens with zero attached hydrogens (tertiary/aromatic N) is 2. The van der Waals surface area contributed by atoms with Gasteiger partial charge >= 0.3 is 0 Å². The van der Waals surface area contributed by atoms with Gasteiger partial charge in [-0.15, -0.1) is 0 Å². The van der Waals surface area contributed by atoms with E-state index in [1.54, 1.807) is 0 Å². The van der Waals surface area contributed by atoms with E-state index < -0.39 is 0 Å². The molecule has 54 heavy (non-hydrogen) atoms. The van der Waals surface area contributed by atoms with E-state index in [2.05, 4.69) is 228 Å². The Morgan fingerprint density at radius 2 is 0.778 bits per heavy atom. The normalized spacial score (nSPS) is 11.3. The van der Waals surface area contributed by atoms with Gasteiger partial charge in [0, 0.05) is 39.0 Å². The van der Waals surface area contributed by atoms with Gasteiger partial charge in [0.25, 0.3) is 0 Å². The topological polar surface area (TPSA) is 8.17 Å². The largest absolute Gasteiger partial charge is 0.311 e. The van der Waals surface area contributed by atoms with Crippen LogP contribution in [-0.4, -0.2) is 4.57 Å². The van der Waals surface area contributed by atoms with Crippen molar-refractivity contribution in [1.82, 2.24) is 4.57 Å². The second-order valence-corrected chi connectivity index (χ2v) is 13.7. The van der Waals surface area contributed by atoms with Crippen LogP contribution in [0.15, 0.2) is 218 Å². The van der Waals surface area contributed by atoms with Crippen LogP contribution in [0.4, 0.5) is 17.1 Å². The highest BCUT2D eigenvalue weighted by Crippen LogP contribution is 2.42. The van der Waals surface area contributed by atoms with E-state index >= 15 is 0 Å². The van der Waals surface area contributed by atoms with E-state index in [-0.39, 0.29) is 0 Å². The molecule has 254 valence electrons. The molecule has 0 unspecified atom stereocenters. The molecule has 0 atom stereocenters. The van der Waals surface area contributed by atoms with Crippen molar-refractivity contribution in [3.05, 3.63) is 218 Å². The van der Waals surface area contributed by atoms with E-state index in [1.807, 2.05) is 0 Å². The number of benzene rings is 9. The Hall–Kier alpha value is -7.16. The molecule has 0 N–H and O–H groups in total. The SMILES string of the molecule is c1ccc(-c2cccc3c4ccccc4n(-c4ccccc4-c4ccc(N(c5ccccc5)c5ccc(-c6cccc7ccccc67)cc5)cc4)c23)cc1. The van der Waals surface area contributed by atoms with Gasteiger partial charge in [0.05, 0.1) is 16.7 Å². The van der Waals surface area contributed by atoms with Crippen molar-refractivity contribution in [3.8, 4) is 39.1 Å². The maximum atomic E-state index is 2.46. The summed E-state index contributed by atoms with van der Waals surface area (Å²) in [6.07, 6.45) is 0. The fourth-order valence-electron chi connectivity index (χ4n) is 8.11. The third kappa shape index (κ3) is 5.44. The fourth-order valence-corrected chi connectivity index (χ4v) is 8.11. The minimum atomic E-state index is 1.10. The molecule has 0 radical (unpaired) electrons. The average Bonchev–Trinajstić information content (AvgIpc) is 3.59. The molecule has 1 heterocycles. The molecule has 0 aliphatic carbocycles. The van der Waals surface area contributed by atoms with E-state index in [0.717, 1.165) is 28.3 Å². The highest BCUT2D eigenvalue weighted by molar-refractivity contribution is 6.14. The van der Waals surface area contributed by atoms with Crippen molar-refractivity contribution in [2.45, 2.75) is 0 Å². The van der Waals surface area contributed by atoms with Crippen molar-refractivity contribution < 1.29 is 0 Å². The van der Waals surface area contributed by atoms with Gasteiger partial charge in [-0.25, -0.2) is 0 Å². The Morgan fingerprint density at radius 1 is 0.296 bits per heavy atom. The molecule has 0 saturated carbocycles. The number of aromatic nitrogens is 1. The maximum absolute atomic E-state index is 2.46. The standard InChI is InChI=1S/C52H36N2/c1-3-15-38(16-4-1)47-25-14-26-49-48-23-10-12-28-51(48)54(52(47)49)50-27-11-9-22-46(50)40-31-35-43(36-32-40)53(41-19-5-2-6-20-41)42-33-29-39(30-34-42)45-24-13-18-37-17-7-8-21-44(37)45/h1-36H. The van der Waals surface area contributed by atoms with Crippen LogP contribution >= 0.6 is 0 Å². The van der Waals surface area contributed by atoms with Crippen LogP contribution < -0.4 is 4.90 Å². The number of hydrogen-bond acceptors (Lipinski definition) is 1. The van der Waals surface area contributed by atoms with Crippen LogP contribution in [0.1, 0.15) is 0 Å². The number of rotatable bonds is 7. The lowest BCUT2D eigenvalue weighted by atomic mass is 9.98. The highest BCUT2D eigenvalue weighted by atomic mass is 15.1.